The smallest absolute Gasteiger partial charge is 0.410 e. The number of carbonyl (C=O) groups is 3. The lowest BCUT2D eigenvalue weighted by Gasteiger charge is -2.25. The summed E-state index contributed by atoms with van der Waals surface area (Å²) in [5.74, 6) is -1.45. The molecule has 1 aliphatic rings. The predicted molar refractivity (Wildman–Crippen MR) is 128 cm³/mol. The Morgan fingerprint density at radius 2 is 1.76 bits per heavy atom. The number of benzene rings is 2. The second kappa shape index (κ2) is 11.4. The molecule has 9 heteroatoms. The second-order valence-electron chi connectivity index (χ2n) is 7.60. The van der Waals surface area contributed by atoms with Gasteiger partial charge in [-0.15, -0.1) is 0 Å². The number of esters is 2. The highest BCUT2D eigenvalue weighted by atomic mass is 127. The molecule has 3 atom stereocenters. The van der Waals surface area contributed by atoms with E-state index in [0.29, 0.717) is 5.75 Å². The third kappa shape index (κ3) is 5.76. The molecular formula is C24H26INO7. The number of likely N-dealkylation sites (tertiary alicyclic amines) is 1. The third-order valence-corrected chi connectivity index (χ3v) is 6.43. The van der Waals surface area contributed by atoms with Crippen molar-refractivity contribution in [2.24, 2.45) is 5.92 Å². The first-order chi connectivity index (χ1) is 15.9. The number of hydrogen-bond donors (Lipinski definition) is 0. The van der Waals surface area contributed by atoms with Crippen molar-refractivity contribution in [3.05, 3.63) is 63.2 Å². The van der Waals surface area contributed by atoms with Crippen molar-refractivity contribution in [3.63, 3.8) is 0 Å². The van der Waals surface area contributed by atoms with Crippen LogP contribution in [0.3, 0.4) is 0 Å². The van der Waals surface area contributed by atoms with Gasteiger partial charge in [0.2, 0.25) is 0 Å². The maximum atomic E-state index is 13.1. The molecule has 1 aliphatic heterocycles. The lowest BCUT2D eigenvalue weighted by molar-refractivity contribution is -0.148. The first-order valence-corrected chi connectivity index (χ1v) is 11.4. The topological polar surface area (TPSA) is 91.4 Å². The Bertz CT molecular complexity index is 998. The van der Waals surface area contributed by atoms with Crippen molar-refractivity contribution in [1.29, 1.82) is 0 Å². The Morgan fingerprint density at radius 3 is 2.39 bits per heavy atom. The molecule has 1 amide bonds. The summed E-state index contributed by atoms with van der Waals surface area (Å²) in [6, 6.07) is 13.9. The Kier molecular flexibility index (Phi) is 8.54. The van der Waals surface area contributed by atoms with Crippen LogP contribution < -0.4 is 4.74 Å². The van der Waals surface area contributed by atoms with Gasteiger partial charge in [-0.2, -0.15) is 0 Å². The van der Waals surface area contributed by atoms with Crippen LogP contribution in [0.25, 0.3) is 0 Å². The number of halogens is 1. The summed E-state index contributed by atoms with van der Waals surface area (Å²) in [5.41, 5.74) is 1.62. The summed E-state index contributed by atoms with van der Waals surface area (Å²) in [4.78, 5) is 39.5. The molecule has 0 bridgehead atoms. The molecular weight excluding hydrogens is 541 g/mol. The number of methoxy groups -OCH3 is 3. The molecule has 176 valence electrons. The first-order valence-electron chi connectivity index (χ1n) is 10.3. The Morgan fingerprint density at radius 1 is 1.03 bits per heavy atom. The van der Waals surface area contributed by atoms with E-state index in [2.05, 4.69) is 22.6 Å². The number of carbonyl (C=O) groups excluding carboxylic acids is 3. The maximum Gasteiger partial charge on any atom is 0.410 e. The fourth-order valence-corrected chi connectivity index (χ4v) is 4.69. The van der Waals surface area contributed by atoms with E-state index >= 15 is 0 Å². The normalized spacial score (nSPS) is 19.6. The van der Waals surface area contributed by atoms with Gasteiger partial charge in [0.15, 0.2) is 0 Å². The highest BCUT2D eigenvalue weighted by Crippen LogP contribution is 2.44. The number of hydrogen-bond acceptors (Lipinski definition) is 7. The molecule has 0 aromatic heterocycles. The molecule has 1 heterocycles. The van der Waals surface area contributed by atoms with E-state index < -0.39 is 30.0 Å². The van der Waals surface area contributed by atoms with Gasteiger partial charge in [-0.1, -0.05) is 30.3 Å². The summed E-state index contributed by atoms with van der Waals surface area (Å²) in [6.45, 7) is 0.217. The fraction of sp³-hybridized carbons (Fsp3) is 0.375. The van der Waals surface area contributed by atoms with Crippen LogP contribution in [0.5, 0.6) is 5.75 Å². The van der Waals surface area contributed by atoms with Gasteiger partial charge in [0.05, 0.1) is 27.8 Å². The summed E-state index contributed by atoms with van der Waals surface area (Å²) in [6.07, 6.45) is -0.728. The van der Waals surface area contributed by atoms with Gasteiger partial charge in [0, 0.05) is 27.5 Å². The maximum absolute atomic E-state index is 13.1. The third-order valence-electron chi connectivity index (χ3n) is 5.76. The standard InChI is InChI=1S/C24H26INO7/c1-30-20-10-9-16(25)11-17(20)19-13-26(24(29)33-14-15-7-5-4-6-8-15)22(23(28)32-3)18(19)12-21(27)31-2/h4-11,18-19,22H,12-14H2,1-3H3/t18-,19+,22-/m0/s1. The summed E-state index contributed by atoms with van der Waals surface area (Å²) in [7, 11) is 4.10. The largest absolute Gasteiger partial charge is 0.496 e. The van der Waals surface area contributed by atoms with E-state index in [4.69, 9.17) is 18.9 Å². The van der Waals surface area contributed by atoms with E-state index in [-0.39, 0.29) is 25.5 Å². The van der Waals surface area contributed by atoms with Crippen LogP contribution in [-0.4, -0.2) is 56.8 Å². The van der Waals surface area contributed by atoms with Gasteiger partial charge < -0.3 is 18.9 Å². The predicted octanol–water partition coefficient (Wildman–Crippen LogP) is 3.76. The molecule has 0 aliphatic carbocycles. The molecule has 0 saturated carbocycles. The molecule has 8 nitrogen and oxygen atoms in total. The molecule has 1 fully saturated rings. The Balaban J connectivity index is 1.97. The summed E-state index contributed by atoms with van der Waals surface area (Å²) >= 11 is 2.19. The lowest BCUT2D eigenvalue weighted by Crippen LogP contribution is -2.44. The van der Waals surface area contributed by atoms with Gasteiger partial charge in [-0.25, -0.2) is 9.59 Å². The van der Waals surface area contributed by atoms with Gasteiger partial charge in [0.25, 0.3) is 0 Å². The zero-order chi connectivity index (χ0) is 24.0. The van der Waals surface area contributed by atoms with Crippen LogP contribution in [0, 0.1) is 9.49 Å². The molecule has 0 spiro atoms. The number of nitrogens with zero attached hydrogens (tertiary/aromatic N) is 1. The molecule has 3 rings (SSSR count). The van der Waals surface area contributed by atoms with E-state index in [0.717, 1.165) is 14.7 Å². The minimum atomic E-state index is -1.01. The zero-order valence-electron chi connectivity index (χ0n) is 18.7. The summed E-state index contributed by atoms with van der Waals surface area (Å²) < 4.78 is 21.9. The van der Waals surface area contributed by atoms with Crippen LogP contribution in [0.15, 0.2) is 48.5 Å². The summed E-state index contributed by atoms with van der Waals surface area (Å²) in [5, 5.41) is 0. The molecule has 0 unspecified atom stereocenters. The van der Waals surface area contributed by atoms with Crippen molar-refractivity contribution in [2.45, 2.75) is 25.0 Å². The van der Waals surface area contributed by atoms with Crippen molar-refractivity contribution >= 4 is 40.6 Å². The second-order valence-corrected chi connectivity index (χ2v) is 8.84. The van der Waals surface area contributed by atoms with Crippen LogP contribution in [0.1, 0.15) is 23.5 Å². The van der Waals surface area contributed by atoms with Crippen molar-refractivity contribution in [2.75, 3.05) is 27.9 Å². The molecule has 33 heavy (non-hydrogen) atoms. The monoisotopic (exact) mass is 567 g/mol. The highest BCUT2D eigenvalue weighted by molar-refractivity contribution is 14.1. The van der Waals surface area contributed by atoms with Crippen molar-refractivity contribution in [1.82, 2.24) is 4.90 Å². The molecule has 1 saturated heterocycles. The van der Waals surface area contributed by atoms with E-state index in [1.54, 1.807) is 7.11 Å². The highest BCUT2D eigenvalue weighted by Gasteiger charge is 2.51. The first kappa shape index (κ1) is 24.8. The average Bonchev–Trinajstić information content (AvgIpc) is 3.21. The van der Waals surface area contributed by atoms with E-state index in [9.17, 15) is 14.4 Å². The van der Waals surface area contributed by atoms with Crippen LogP contribution in [0.4, 0.5) is 4.79 Å². The fourth-order valence-electron chi connectivity index (χ4n) is 4.18. The van der Waals surface area contributed by atoms with Crippen LogP contribution in [-0.2, 0) is 30.4 Å². The molecule has 2 aromatic carbocycles. The van der Waals surface area contributed by atoms with E-state index in [1.165, 1.54) is 19.1 Å². The minimum Gasteiger partial charge on any atom is -0.496 e. The van der Waals surface area contributed by atoms with E-state index in [1.807, 2.05) is 48.5 Å². The number of ether oxygens (including phenoxy) is 4. The number of amides is 1. The number of rotatable bonds is 7. The van der Waals surface area contributed by atoms with Gasteiger partial charge >= 0.3 is 18.0 Å². The molecule has 0 radical (unpaired) electrons. The average molecular weight is 567 g/mol. The minimum absolute atomic E-state index is 0.0585. The van der Waals surface area contributed by atoms with Crippen molar-refractivity contribution in [3.8, 4) is 5.75 Å². The lowest BCUT2D eigenvalue weighted by atomic mass is 9.82. The van der Waals surface area contributed by atoms with Gasteiger partial charge in [-0.3, -0.25) is 9.69 Å². The van der Waals surface area contributed by atoms with Gasteiger partial charge in [-0.05, 0) is 46.4 Å². The molecule has 0 N–H and O–H groups in total. The molecule has 2 aromatic rings. The van der Waals surface area contributed by atoms with Gasteiger partial charge in [0.1, 0.15) is 18.4 Å². The quantitative estimate of drug-likeness (QED) is 0.286. The SMILES string of the molecule is COC(=O)C[C@H]1[C@@H](c2cc(I)ccc2OC)CN(C(=O)OCc2ccccc2)[C@@H]1C(=O)OC. The van der Waals surface area contributed by atoms with Crippen LogP contribution >= 0.6 is 22.6 Å². The van der Waals surface area contributed by atoms with Crippen molar-refractivity contribution < 1.29 is 33.3 Å². The Labute approximate surface area is 206 Å². The van der Waals surface area contributed by atoms with Crippen LogP contribution in [0.2, 0.25) is 0 Å². The zero-order valence-corrected chi connectivity index (χ0v) is 20.8. The Hall–Kier alpha value is -2.82.